The summed E-state index contributed by atoms with van der Waals surface area (Å²) >= 11 is 6.33. The van der Waals surface area contributed by atoms with E-state index in [1.165, 1.54) is 0 Å². The number of piperazine rings is 1. The Kier molecular flexibility index (Phi) is 8.88. The Balaban J connectivity index is 1.63. The molecular weight excluding hydrogens is 466 g/mol. The molecule has 4 N–H and O–H groups in total. The van der Waals surface area contributed by atoms with Crippen molar-refractivity contribution in [2.24, 2.45) is 17.6 Å². The van der Waals surface area contributed by atoms with E-state index in [2.05, 4.69) is 10.3 Å². The van der Waals surface area contributed by atoms with Crippen molar-refractivity contribution < 1.29 is 14.7 Å². The summed E-state index contributed by atoms with van der Waals surface area (Å²) in [6.45, 7) is 8.91. The molecule has 1 aromatic carbocycles. The van der Waals surface area contributed by atoms with E-state index >= 15 is 0 Å². The van der Waals surface area contributed by atoms with E-state index in [1.54, 1.807) is 35.5 Å². The molecule has 1 fully saturated rings. The minimum Gasteiger partial charge on any atom is -0.391 e. The lowest BCUT2D eigenvalue weighted by atomic mass is 9.87. The summed E-state index contributed by atoms with van der Waals surface area (Å²) < 4.78 is 0. The number of rotatable bonds is 9. The number of carbonyl (C=O) groups is 2. The molecule has 190 valence electrons. The van der Waals surface area contributed by atoms with Crippen LogP contribution in [0.5, 0.6) is 0 Å². The van der Waals surface area contributed by atoms with E-state index < -0.39 is 18.1 Å². The fraction of sp³-hybridized carbons (Fsp3) is 0.500. The van der Waals surface area contributed by atoms with Crippen LogP contribution in [0.2, 0.25) is 5.02 Å². The van der Waals surface area contributed by atoms with Crippen molar-refractivity contribution in [1.29, 1.82) is 0 Å². The first-order chi connectivity index (χ1) is 16.5. The van der Waals surface area contributed by atoms with Gasteiger partial charge in [-0.2, -0.15) is 0 Å². The van der Waals surface area contributed by atoms with Gasteiger partial charge in [0.05, 0.1) is 35.2 Å². The first kappa shape index (κ1) is 27.1. The molecular formula is C26H36ClN5O3. The molecule has 1 aliphatic heterocycles. The molecule has 0 spiro atoms. The van der Waals surface area contributed by atoms with Gasteiger partial charge in [0.2, 0.25) is 11.8 Å². The second-order valence-electron chi connectivity index (χ2n) is 10.2. The van der Waals surface area contributed by atoms with Crippen molar-refractivity contribution >= 4 is 34.8 Å². The summed E-state index contributed by atoms with van der Waals surface area (Å²) in [6, 6.07) is 10.2. The molecule has 0 aliphatic carbocycles. The van der Waals surface area contributed by atoms with Gasteiger partial charge in [-0.05, 0) is 50.5 Å². The Morgan fingerprint density at radius 1 is 1.26 bits per heavy atom. The number of benzene rings is 1. The zero-order chi connectivity index (χ0) is 25.8. The monoisotopic (exact) mass is 501 g/mol. The lowest BCUT2D eigenvalue weighted by Gasteiger charge is -2.47. The van der Waals surface area contributed by atoms with Crippen LogP contribution in [0.3, 0.4) is 0 Å². The number of carbonyl (C=O) groups excluding carboxylic acids is 2. The van der Waals surface area contributed by atoms with Crippen LogP contribution >= 0.6 is 11.6 Å². The first-order valence-corrected chi connectivity index (χ1v) is 12.3. The van der Waals surface area contributed by atoms with Crippen molar-refractivity contribution in [3.63, 3.8) is 0 Å². The van der Waals surface area contributed by atoms with E-state index in [0.29, 0.717) is 29.5 Å². The quantitative estimate of drug-likeness (QED) is 0.486. The highest BCUT2D eigenvalue weighted by Gasteiger charge is 2.40. The maximum Gasteiger partial charge on any atom is 0.241 e. The minimum absolute atomic E-state index is 0.00528. The van der Waals surface area contributed by atoms with Gasteiger partial charge in [0.1, 0.15) is 0 Å². The second kappa shape index (κ2) is 11.5. The Labute approximate surface area is 212 Å². The van der Waals surface area contributed by atoms with E-state index in [4.69, 9.17) is 17.3 Å². The highest BCUT2D eigenvalue weighted by molar-refractivity contribution is 6.33. The fourth-order valence-corrected chi connectivity index (χ4v) is 4.64. The predicted molar refractivity (Wildman–Crippen MR) is 139 cm³/mol. The number of pyridine rings is 1. The van der Waals surface area contributed by atoms with Gasteiger partial charge < -0.3 is 21.1 Å². The number of aromatic nitrogens is 1. The molecule has 9 heteroatoms. The molecule has 2 aromatic rings. The Morgan fingerprint density at radius 2 is 1.97 bits per heavy atom. The molecule has 3 atom stereocenters. The fourth-order valence-electron chi connectivity index (χ4n) is 4.40. The highest BCUT2D eigenvalue weighted by atomic mass is 35.5. The van der Waals surface area contributed by atoms with Crippen molar-refractivity contribution in [2.45, 2.75) is 51.8 Å². The van der Waals surface area contributed by atoms with Crippen molar-refractivity contribution in [3.05, 3.63) is 53.8 Å². The Hall–Kier alpha value is -2.52. The maximum atomic E-state index is 13.0. The number of halogens is 1. The SMILES string of the molecule is CC(C)[C@H](C[C@H](O)[C@@H](N)CN1CC(=O)N(c2ccccc2Cl)CC1(C)C)C(=O)Nc1cccnc1. The zero-order valence-electron chi connectivity index (χ0n) is 20.8. The number of nitrogens with zero attached hydrogens (tertiary/aromatic N) is 3. The lowest BCUT2D eigenvalue weighted by Crippen LogP contribution is -2.64. The molecule has 8 nitrogen and oxygen atoms in total. The van der Waals surface area contributed by atoms with Crippen LogP contribution in [-0.4, -0.2) is 64.1 Å². The van der Waals surface area contributed by atoms with Crippen molar-refractivity contribution in [1.82, 2.24) is 9.88 Å². The average Bonchev–Trinajstić information content (AvgIpc) is 2.80. The van der Waals surface area contributed by atoms with Gasteiger partial charge in [-0.1, -0.05) is 37.6 Å². The molecule has 3 rings (SSSR count). The number of aliphatic hydroxyl groups excluding tert-OH is 1. The Morgan fingerprint density at radius 3 is 2.60 bits per heavy atom. The van der Waals surface area contributed by atoms with E-state index in [9.17, 15) is 14.7 Å². The van der Waals surface area contributed by atoms with Gasteiger partial charge in [-0.15, -0.1) is 0 Å². The number of para-hydroxylation sites is 1. The third-order valence-corrected chi connectivity index (χ3v) is 6.98. The summed E-state index contributed by atoms with van der Waals surface area (Å²) in [4.78, 5) is 33.6. The number of hydrogen-bond acceptors (Lipinski definition) is 6. The van der Waals surface area contributed by atoms with Gasteiger partial charge in [0, 0.05) is 36.8 Å². The largest absolute Gasteiger partial charge is 0.391 e. The van der Waals surface area contributed by atoms with Crippen LogP contribution in [0.4, 0.5) is 11.4 Å². The van der Waals surface area contributed by atoms with Crippen LogP contribution in [-0.2, 0) is 9.59 Å². The molecule has 2 amide bonds. The smallest absolute Gasteiger partial charge is 0.241 e. The average molecular weight is 502 g/mol. The van der Waals surface area contributed by atoms with Crippen LogP contribution in [0.15, 0.2) is 48.8 Å². The van der Waals surface area contributed by atoms with Crippen LogP contribution < -0.4 is 16.0 Å². The number of amides is 2. The Bertz CT molecular complexity index is 1020. The molecule has 2 heterocycles. The summed E-state index contributed by atoms with van der Waals surface area (Å²) in [5.74, 6) is -0.674. The minimum atomic E-state index is -0.908. The number of anilines is 2. The molecule has 35 heavy (non-hydrogen) atoms. The number of nitrogens with two attached hydrogens (primary N) is 1. The molecule has 0 radical (unpaired) electrons. The van der Waals surface area contributed by atoms with E-state index in [-0.39, 0.29) is 36.2 Å². The molecule has 1 aliphatic rings. The van der Waals surface area contributed by atoms with Gasteiger partial charge in [0.25, 0.3) is 0 Å². The summed E-state index contributed by atoms with van der Waals surface area (Å²) in [5, 5.41) is 14.3. The summed E-state index contributed by atoms with van der Waals surface area (Å²) in [7, 11) is 0. The second-order valence-corrected chi connectivity index (χ2v) is 10.6. The number of nitrogens with one attached hydrogen (secondary N) is 1. The normalized spacial score (nSPS) is 18.9. The predicted octanol–water partition coefficient (Wildman–Crippen LogP) is 3.15. The summed E-state index contributed by atoms with van der Waals surface area (Å²) in [5.41, 5.74) is 7.32. The van der Waals surface area contributed by atoms with Crippen LogP contribution in [0.1, 0.15) is 34.1 Å². The molecule has 1 aromatic heterocycles. The maximum absolute atomic E-state index is 13.0. The standard InChI is InChI=1S/C26H36ClN5O3/c1-17(2)19(25(35)30-18-8-7-11-29-13-18)12-23(33)21(28)14-31-15-24(34)32(16-26(31,3)4)22-10-6-5-9-20(22)27/h5-11,13,17,19,21,23,33H,12,14-16,28H2,1-4H3,(H,30,35)/t19-,21-,23-/m0/s1. The summed E-state index contributed by atoms with van der Waals surface area (Å²) in [6.07, 6.45) is 2.53. The van der Waals surface area contributed by atoms with Crippen molar-refractivity contribution in [2.75, 3.05) is 29.9 Å². The van der Waals surface area contributed by atoms with Crippen molar-refractivity contribution in [3.8, 4) is 0 Å². The topological polar surface area (TPSA) is 112 Å². The lowest BCUT2D eigenvalue weighted by molar-refractivity contribution is -0.124. The zero-order valence-corrected chi connectivity index (χ0v) is 21.6. The number of aliphatic hydroxyl groups is 1. The van der Waals surface area contributed by atoms with Gasteiger partial charge in [0.15, 0.2) is 0 Å². The molecule has 0 saturated carbocycles. The van der Waals surface area contributed by atoms with Gasteiger partial charge >= 0.3 is 0 Å². The molecule has 0 bridgehead atoms. The highest BCUT2D eigenvalue weighted by Crippen LogP contribution is 2.31. The first-order valence-electron chi connectivity index (χ1n) is 11.9. The molecule has 1 saturated heterocycles. The van der Waals surface area contributed by atoms with Crippen LogP contribution in [0, 0.1) is 11.8 Å². The number of hydrogen-bond donors (Lipinski definition) is 3. The third kappa shape index (κ3) is 6.79. The third-order valence-electron chi connectivity index (χ3n) is 6.66. The van der Waals surface area contributed by atoms with Gasteiger partial charge in [-0.3, -0.25) is 19.5 Å². The van der Waals surface area contributed by atoms with Crippen LogP contribution in [0.25, 0.3) is 0 Å². The molecule has 0 unspecified atom stereocenters. The van der Waals surface area contributed by atoms with Gasteiger partial charge in [-0.25, -0.2) is 0 Å². The van der Waals surface area contributed by atoms with E-state index in [0.717, 1.165) is 0 Å². The van der Waals surface area contributed by atoms with E-state index in [1.807, 2.05) is 50.8 Å².